The summed E-state index contributed by atoms with van der Waals surface area (Å²) in [6.45, 7) is 2.39. The zero-order valence-corrected chi connectivity index (χ0v) is 8.32. The number of anilines is 1. The van der Waals surface area contributed by atoms with Gasteiger partial charge in [-0.05, 0) is 36.5 Å². The lowest BCUT2D eigenvalue weighted by Crippen LogP contribution is -2.28. The van der Waals surface area contributed by atoms with E-state index in [0.717, 1.165) is 24.2 Å². The molecule has 3 aliphatic rings. The van der Waals surface area contributed by atoms with Crippen molar-refractivity contribution in [2.24, 2.45) is 5.92 Å². The maximum absolute atomic E-state index is 5.76. The van der Waals surface area contributed by atoms with Gasteiger partial charge in [0.2, 0.25) is 0 Å². The van der Waals surface area contributed by atoms with E-state index < -0.39 is 0 Å². The fourth-order valence-electron chi connectivity index (χ4n) is 2.75. The number of nitrogens with two attached hydrogens (primary N) is 1. The van der Waals surface area contributed by atoms with Crippen LogP contribution in [0, 0.1) is 5.92 Å². The van der Waals surface area contributed by atoms with Gasteiger partial charge in [-0.3, -0.25) is 4.90 Å². The van der Waals surface area contributed by atoms with Crippen LogP contribution < -0.4 is 5.73 Å². The summed E-state index contributed by atoms with van der Waals surface area (Å²) >= 11 is 0. The first-order chi connectivity index (χ1) is 6.81. The summed E-state index contributed by atoms with van der Waals surface area (Å²) in [6, 6.07) is 9.14. The Labute approximate surface area is 84.7 Å². The van der Waals surface area contributed by atoms with Gasteiger partial charge in [0, 0.05) is 24.8 Å². The van der Waals surface area contributed by atoms with Crippen molar-refractivity contribution in [1.29, 1.82) is 0 Å². The smallest absolute Gasteiger partial charge is 0.0317 e. The molecular formula is C12H16N2. The Kier molecular flexibility index (Phi) is 1.77. The summed E-state index contributed by atoms with van der Waals surface area (Å²) < 4.78 is 0. The molecule has 2 aliphatic heterocycles. The Balaban J connectivity index is 1.72. The van der Waals surface area contributed by atoms with Crippen molar-refractivity contribution in [1.82, 2.24) is 4.90 Å². The number of nitrogens with zero attached hydrogens (tertiary/aromatic N) is 1. The molecule has 0 radical (unpaired) electrons. The van der Waals surface area contributed by atoms with Gasteiger partial charge in [-0.2, -0.15) is 0 Å². The van der Waals surface area contributed by atoms with E-state index >= 15 is 0 Å². The number of hydrogen-bond donors (Lipinski definition) is 1. The average Bonchev–Trinajstić information content (AvgIpc) is 2.61. The van der Waals surface area contributed by atoms with Crippen molar-refractivity contribution in [2.75, 3.05) is 12.3 Å². The fraction of sp³-hybridized carbons (Fsp3) is 0.500. The predicted molar refractivity (Wildman–Crippen MR) is 57.8 cm³/mol. The second-order valence-electron chi connectivity index (χ2n) is 4.67. The van der Waals surface area contributed by atoms with Crippen LogP contribution in [0.25, 0.3) is 0 Å². The molecule has 1 saturated carbocycles. The molecule has 3 fully saturated rings. The van der Waals surface area contributed by atoms with Crippen molar-refractivity contribution in [3.63, 3.8) is 0 Å². The number of hydrogen-bond acceptors (Lipinski definition) is 2. The van der Waals surface area contributed by atoms with E-state index in [9.17, 15) is 0 Å². The first-order valence-electron chi connectivity index (χ1n) is 5.40. The van der Waals surface area contributed by atoms with Crippen LogP contribution >= 0.6 is 0 Å². The van der Waals surface area contributed by atoms with Gasteiger partial charge >= 0.3 is 0 Å². The molecule has 4 rings (SSSR count). The molecule has 14 heavy (non-hydrogen) atoms. The predicted octanol–water partition coefficient (Wildman–Crippen LogP) is 1.86. The minimum absolute atomic E-state index is 0.876. The molecule has 0 spiro atoms. The lowest BCUT2D eigenvalue weighted by Gasteiger charge is -2.26. The Morgan fingerprint density at radius 1 is 1.36 bits per heavy atom. The summed E-state index contributed by atoms with van der Waals surface area (Å²) in [5.74, 6) is 1.00. The molecule has 0 aromatic heterocycles. The monoisotopic (exact) mass is 188 g/mol. The summed E-state index contributed by atoms with van der Waals surface area (Å²) in [5, 5.41) is 0. The van der Waals surface area contributed by atoms with Crippen LogP contribution in [0.2, 0.25) is 0 Å². The Bertz CT molecular complexity index is 342. The fourth-order valence-corrected chi connectivity index (χ4v) is 2.75. The van der Waals surface area contributed by atoms with E-state index in [-0.39, 0.29) is 0 Å². The molecule has 1 aliphatic carbocycles. The van der Waals surface area contributed by atoms with Crippen LogP contribution in [0.15, 0.2) is 24.3 Å². The zero-order valence-electron chi connectivity index (χ0n) is 8.32. The van der Waals surface area contributed by atoms with Crippen molar-refractivity contribution in [3.8, 4) is 0 Å². The van der Waals surface area contributed by atoms with Gasteiger partial charge in [-0.1, -0.05) is 12.1 Å². The number of benzene rings is 1. The maximum Gasteiger partial charge on any atom is 0.0317 e. The van der Waals surface area contributed by atoms with E-state index in [1.807, 2.05) is 12.1 Å². The lowest BCUT2D eigenvalue weighted by molar-refractivity contribution is 0.240. The van der Waals surface area contributed by atoms with Gasteiger partial charge in [0.1, 0.15) is 0 Å². The van der Waals surface area contributed by atoms with Gasteiger partial charge in [-0.25, -0.2) is 0 Å². The minimum atomic E-state index is 0.876. The molecule has 74 valence electrons. The highest BCUT2D eigenvalue weighted by molar-refractivity contribution is 5.40. The van der Waals surface area contributed by atoms with Crippen LogP contribution in [0.3, 0.4) is 0 Å². The first kappa shape index (κ1) is 8.30. The third-order valence-corrected chi connectivity index (χ3v) is 3.56. The molecule has 2 saturated heterocycles. The van der Waals surface area contributed by atoms with Crippen LogP contribution in [-0.2, 0) is 6.54 Å². The van der Waals surface area contributed by atoms with Gasteiger partial charge < -0.3 is 5.73 Å². The summed E-state index contributed by atoms with van der Waals surface area (Å²) in [4.78, 5) is 2.60. The molecule has 2 heteroatoms. The van der Waals surface area contributed by atoms with Crippen LogP contribution in [0.5, 0.6) is 0 Å². The normalized spacial score (nSPS) is 30.3. The van der Waals surface area contributed by atoms with E-state index in [0.29, 0.717) is 0 Å². The quantitative estimate of drug-likeness (QED) is 0.718. The average molecular weight is 188 g/mol. The van der Waals surface area contributed by atoms with Crippen molar-refractivity contribution >= 4 is 5.69 Å². The molecule has 2 nitrogen and oxygen atoms in total. The van der Waals surface area contributed by atoms with Crippen LogP contribution in [0.4, 0.5) is 5.69 Å². The molecule has 0 unspecified atom stereocenters. The van der Waals surface area contributed by atoms with Gasteiger partial charge in [-0.15, -0.1) is 0 Å². The van der Waals surface area contributed by atoms with E-state index in [2.05, 4.69) is 17.0 Å². The summed E-state index contributed by atoms with van der Waals surface area (Å²) in [5.41, 5.74) is 8.00. The first-order valence-corrected chi connectivity index (χ1v) is 5.40. The molecule has 1 aromatic carbocycles. The highest BCUT2D eigenvalue weighted by Crippen LogP contribution is 2.41. The second kappa shape index (κ2) is 2.99. The van der Waals surface area contributed by atoms with Crippen LogP contribution in [0.1, 0.15) is 18.4 Å². The van der Waals surface area contributed by atoms with Crippen molar-refractivity contribution in [2.45, 2.75) is 25.4 Å². The number of nitrogen functional groups attached to an aromatic ring is 1. The third-order valence-electron chi connectivity index (χ3n) is 3.56. The molecule has 2 bridgehead atoms. The molecule has 1 aromatic rings. The Morgan fingerprint density at radius 3 is 2.86 bits per heavy atom. The zero-order chi connectivity index (χ0) is 9.54. The maximum atomic E-state index is 5.76. The number of fused-ring (bicyclic) bond motifs is 1. The topological polar surface area (TPSA) is 29.3 Å². The Hall–Kier alpha value is -1.02. The summed E-state index contributed by atoms with van der Waals surface area (Å²) in [6.07, 6.45) is 2.87. The standard InChI is InChI=1S/C12H16N2/c13-11-3-1-2-9(4-11)7-14-8-10-5-12(14)6-10/h1-4,10,12H,5-8,13H2. The van der Waals surface area contributed by atoms with Gasteiger partial charge in [0.25, 0.3) is 0 Å². The molecule has 0 amide bonds. The van der Waals surface area contributed by atoms with Crippen molar-refractivity contribution < 1.29 is 0 Å². The summed E-state index contributed by atoms with van der Waals surface area (Å²) in [7, 11) is 0. The molecular weight excluding hydrogens is 172 g/mol. The van der Waals surface area contributed by atoms with E-state index in [4.69, 9.17) is 5.73 Å². The highest BCUT2D eigenvalue weighted by atomic mass is 15.2. The van der Waals surface area contributed by atoms with Gasteiger partial charge in [0.15, 0.2) is 0 Å². The van der Waals surface area contributed by atoms with Crippen molar-refractivity contribution in [3.05, 3.63) is 29.8 Å². The second-order valence-corrected chi connectivity index (χ2v) is 4.67. The molecule has 2 heterocycles. The highest BCUT2D eigenvalue weighted by Gasteiger charge is 2.42. The largest absolute Gasteiger partial charge is 0.399 e. The third kappa shape index (κ3) is 1.30. The van der Waals surface area contributed by atoms with Gasteiger partial charge in [0.05, 0.1) is 0 Å². The Morgan fingerprint density at radius 2 is 2.21 bits per heavy atom. The SMILES string of the molecule is Nc1cccc(CN2CC3CC2C3)c1. The van der Waals surface area contributed by atoms with E-state index in [1.165, 1.54) is 24.9 Å². The van der Waals surface area contributed by atoms with Crippen LogP contribution in [-0.4, -0.2) is 17.5 Å². The molecule has 0 atom stereocenters. The van der Waals surface area contributed by atoms with E-state index in [1.54, 1.807) is 0 Å². The number of rotatable bonds is 2. The minimum Gasteiger partial charge on any atom is -0.399 e. The lowest BCUT2D eigenvalue weighted by atomic mass is 9.86. The molecule has 2 N–H and O–H groups in total.